The zero-order valence-corrected chi connectivity index (χ0v) is 16.8. The van der Waals surface area contributed by atoms with Crippen molar-refractivity contribution >= 4 is 15.9 Å². The molecule has 0 aliphatic rings. The third-order valence-corrected chi connectivity index (χ3v) is 4.80. The van der Waals surface area contributed by atoms with Crippen LogP contribution in [0.4, 0.5) is 0 Å². The first-order valence-electron chi connectivity index (χ1n) is 8.85. The molecule has 2 aromatic rings. The van der Waals surface area contributed by atoms with Gasteiger partial charge in [0, 0.05) is 11.6 Å². The van der Waals surface area contributed by atoms with E-state index >= 15 is 0 Å². The fourth-order valence-corrected chi connectivity index (χ4v) is 3.17. The van der Waals surface area contributed by atoms with E-state index in [-0.39, 0.29) is 10.5 Å². The average Bonchev–Trinajstić information content (AvgIpc) is 2.68. The molecule has 9 heteroatoms. The van der Waals surface area contributed by atoms with Crippen molar-refractivity contribution in [2.75, 3.05) is 19.8 Å². The van der Waals surface area contributed by atoms with Gasteiger partial charge in [0.15, 0.2) is 11.5 Å². The van der Waals surface area contributed by atoms with Crippen LogP contribution in [0.5, 0.6) is 17.2 Å². The first-order valence-corrected chi connectivity index (χ1v) is 10.3. The van der Waals surface area contributed by atoms with E-state index in [9.17, 15) is 13.2 Å². The van der Waals surface area contributed by atoms with E-state index in [2.05, 4.69) is 10.3 Å². The van der Waals surface area contributed by atoms with Crippen molar-refractivity contribution in [3.8, 4) is 17.2 Å². The number of hydrogen-bond acceptors (Lipinski definition) is 6. The SMILES string of the molecule is CCOc1ccc(C(=O)NNS(=O)(=O)c2ccc(OCC)c(OCC)c2)cc1. The predicted octanol–water partition coefficient (Wildman–Crippen LogP) is 2.51. The molecule has 0 radical (unpaired) electrons. The third kappa shape index (κ3) is 5.61. The van der Waals surface area contributed by atoms with Crippen LogP contribution in [0.2, 0.25) is 0 Å². The van der Waals surface area contributed by atoms with Gasteiger partial charge >= 0.3 is 0 Å². The Morgan fingerprint density at radius 1 is 0.857 bits per heavy atom. The number of sulfonamides is 1. The second-order valence-electron chi connectivity index (χ2n) is 5.49. The molecule has 0 heterocycles. The van der Waals surface area contributed by atoms with Crippen LogP contribution in [0.1, 0.15) is 31.1 Å². The van der Waals surface area contributed by atoms with Crippen molar-refractivity contribution in [3.05, 3.63) is 48.0 Å². The van der Waals surface area contributed by atoms with Gasteiger partial charge in [-0.05, 0) is 57.2 Å². The Morgan fingerprint density at radius 3 is 2.07 bits per heavy atom. The first-order chi connectivity index (χ1) is 13.4. The minimum atomic E-state index is -3.99. The van der Waals surface area contributed by atoms with Crippen molar-refractivity contribution in [1.82, 2.24) is 10.3 Å². The monoisotopic (exact) mass is 408 g/mol. The van der Waals surface area contributed by atoms with Gasteiger partial charge in [0.2, 0.25) is 0 Å². The van der Waals surface area contributed by atoms with Gasteiger partial charge in [-0.1, -0.05) is 0 Å². The van der Waals surface area contributed by atoms with Crippen LogP contribution in [0.15, 0.2) is 47.4 Å². The molecule has 0 bridgehead atoms. The molecule has 0 atom stereocenters. The standard InChI is InChI=1S/C19H24N2O6S/c1-4-25-15-9-7-14(8-10-15)19(22)20-21-28(23,24)16-11-12-17(26-5-2)18(13-16)27-6-3/h7-13,21H,4-6H2,1-3H3,(H,20,22). The summed E-state index contributed by atoms with van der Waals surface area (Å²) in [4.78, 5) is 14.2. The summed E-state index contributed by atoms with van der Waals surface area (Å²) in [5, 5.41) is 0. The topological polar surface area (TPSA) is 103 Å². The maximum atomic E-state index is 12.5. The van der Waals surface area contributed by atoms with E-state index in [1.807, 2.05) is 13.8 Å². The molecule has 0 spiro atoms. The fourth-order valence-electron chi connectivity index (χ4n) is 2.31. The van der Waals surface area contributed by atoms with Crippen molar-refractivity contribution in [1.29, 1.82) is 0 Å². The molecule has 2 aromatic carbocycles. The molecule has 0 fully saturated rings. The number of carbonyl (C=O) groups is 1. The lowest BCUT2D eigenvalue weighted by molar-refractivity contribution is 0.0945. The number of carbonyl (C=O) groups excluding carboxylic acids is 1. The number of ether oxygens (including phenoxy) is 3. The lowest BCUT2D eigenvalue weighted by Crippen LogP contribution is -2.41. The highest BCUT2D eigenvalue weighted by atomic mass is 32.2. The predicted molar refractivity (Wildman–Crippen MR) is 104 cm³/mol. The van der Waals surface area contributed by atoms with Crippen LogP contribution in [0.3, 0.4) is 0 Å². The molecule has 2 N–H and O–H groups in total. The largest absolute Gasteiger partial charge is 0.494 e. The minimum absolute atomic E-state index is 0.0635. The Hall–Kier alpha value is -2.78. The lowest BCUT2D eigenvalue weighted by Gasteiger charge is -2.13. The quantitative estimate of drug-likeness (QED) is 0.586. The van der Waals surface area contributed by atoms with E-state index in [4.69, 9.17) is 14.2 Å². The molecule has 0 unspecified atom stereocenters. The maximum absolute atomic E-state index is 12.5. The van der Waals surface area contributed by atoms with Crippen molar-refractivity contribution in [2.45, 2.75) is 25.7 Å². The zero-order chi connectivity index (χ0) is 20.6. The summed E-state index contributed by atoms with van der Waals surface area (Å²) in [6.45, 7) is 6.74. The summed E-state index contributed by atoms with van der Waals surface area (Å²) in [6, 6.07) is 10.6. The molecule has 0 saturated carbocycles. The molecule has 0 aromatic heterocycles. The Labute approximate surface area is 164 Å². The van der Waals surface area contributed by atoms with E-state index in [0.29, 0.717) is 37.1 Å². The van der Waals surface area contributed by atoms with Crippen LogP contribution in [-0.4, -0.2) is 34.1 Å². The smallest absolute Gasteiger partial charge is 0.266 e. The highest BCUT2D eigenvalue weighted by Gasteiger charge is 2.18. The molecular formula is C19H24N2O6S. The van der Waals surface area contributed by atoms with Crippen LogP contribution >= 0.6 is 0 Å². The second-order valence-corrected chi connectivity index (χ2v) is 7.17. The fraction of sp³-hybridized carbons (Fsp3) is 0.316. The van der Waals surface area contributed by atoms with E-state index < -0.39 is 15.9 Å². The van der Waals surface area contributed by atoms with Crippen LogP contribution in [0, 0.1) is 0 Å². The number of benzene rings is 2. The van der Waals surface area contributed by atoms with Crippen molar-refractivity contribution in [3.63, 3.8) is 0 Å². The van der Waals surface area contributed by atoms with Gasteiger partial charge in [-0.3, -0.25) is 10.2 Å². The van der Waals surface area contributed by atoms with Gasteiger partial charge in [0.1, 0.15) is 5.75 Å². The average molecular weight is 408 g/mol. The normalized spacial score (nSPS) is 11.0. The summed E-state index contributed by atoms with van der Waals surface area (Å²) in [7, 11) is -3.99. The molecule has 0 aliphatic heterocycles. The number of hydrogen-bond donors (Lipinski definition) is 2. The van der Waals surface area contributed by atoms with Crippen molar-refractivity contribution < 1.29 is 27.4 Å². The molecule has 152 valence electrons. The maximum Gasteiger partial charge on any atom is 0.266 e. The molecule has 2 rings (SSSR count). The number of rotatable bonds is 10. The Bertz CT molecular complexity index is 897. The minimum Gasteiger partial charge on any atom is -0.494 e. The number of nitrogens with one attached hydrogen (secondary N) is 2. The lowest BCUT2D eigenvalue weighted by atomic mass is 10.2. The summed E-state index contributed by atoms with van der Waals surface area (Å²) in [5.74, 6) is 0.784. The Morgan fingerprint density at radius 2 is 1.46 bits per heavy atom. The van der Waals surface area contributed by atoms with E-state index in [1.54, 1.807) is 31.2 Å². The number of amides is 1. The molecular weight excluding hydrogens is 384 g/mol. The third-order valence-electron chi connectivity index (χ3n) is 3.55. The second kappa shape index (κ2) is 9.95. The molecule has 28 heavy (non-hydrogen) atoms. The summed E-state index contributed by atoms with van der Waals surface area (Å²) in [5.41, 5.74) is 2.48. The van der Waals surface area contributed by atoms with Gasteiger partial charge < -0.3 is 14.2 Å². The van der Waals surface area contributed by atoms with Gasteiger partial charge in [-0.25, -0.2) is 8.42 Å². The summed E-state index contributed by atoms with van der Waals surface area (Å²) in [6.07, 6.45) is 0. The zero-order valence-electron chi connectivity index (χ0n) is 16.0. The van der Waals surface area contributed by atoms with Gasteiger partial charge in [-0.2, -0.15) is 0 Å². The number of hydrazine groups is 1. The Balaban J connectivity index is 2.10. The van der Waals surface area contributed by atoms with Gasteiger partial charge in [0.25, 0.3) is 15.9 Å². The van der Waals surface area contributed by atoms with Gasteiger partial charge in [0.05, 0.1) is 24.7 Å². The van der Waals surface area contributed by atoms with Crippen LogP contribution < -0.4 is 24.5 Å². The molecule has 0 aliphatic carbocycles. The Kier molecular flexibility index (Phi) is 7.65. The first kappa shape index (κ1) is 21.5. The summed E-state index contributed by atoms with van der Waals surface area (Å²) < 4.78 is 41.1. The molecule has 0 saturated heterocycles. The van der Waals surface area contributed by atoms with E-state index in [1.165, 1.54) is 18.2 Å². The van der Waals surface area contributed by atoms with E-state index in [0.717, 1.165) is 0 Å². The summed E-state index contributed by atoms with van der Waals surface area (Å²) >= 11 is 0. The van der Waals surface area contributed by atoms with Gasteiger partial charge in [-0.15, -0.1) is 4.83 Å². The molecule has 1 amide bonds. The molecule has 8 nitrogen and oxygen atoms in total. The highest BCUT2D eigenvalue weighted by molar-refractivity contribution is 7.89. The van der Waals surface area contributed by atoms with Crippen LogP contribution in [-0.2, 0) is 10.0 Å². The van der Waals surface area contributed by atoms with Crippen molar-refractivity contribution in [2.24, 2.45) is 0 Å². The highest BCUT2D eigenvalue weighted by Crippen LogP contribution is 2.30. The van der Waals surface area contributed by atoms with Crippen LogP contribution in [0.25, 0.3) is 0 Å².